The van der Waals surface area contributed by atoms with E-state index in [1.807, 2.05) is 0 Å². The van der Waals surface area contributed by atoms with Crippen LogP contribution < -0.4 is 0 Å². The van der Waals surface area contributed by atoms with Gasteiger partial charge in [-0.05, 0) is 0 Å². The Morgan fingerprint density at radius 3 is 0.308 bits per heavy atom. The Morgan fingerprint density at radius 1 is 0.308 bits per heavy atom. The molecule has 0 saturated heterocycles. The standard InChI is InChI=1S/6CO.Mo/c6*1-2;. The maximum absolute atomic E-state index is 7.50. The van der Waals surface area contributed by atoms with Crippen molar-refractivity contribution in [1.82, 2.24) is 0 Å². The fraction of sp³-hybridized carbons (Fsp3) is 0. The molecule has 0 aromatic rings. The van der Waals surface area contributed by atoms with E-state index >= 15 is 0 Å². The molecule has 0 aliphatic heterocycles. The molecule has 66 valence electrons. The van der Waals surface area contributed by atoms with Crippen LogP contribution in [0.3, 0.4) is 0 Å². The van der Waals surface area contributed by atoms with Gasteiger partial charge in [-0.2, -0.15) is 0 Å². The van der Waals surface area contributed by atoms with Gasteiger partial charge in [0.05, 0.1) is 0 Å². The molecule has 0 amide bonds. The molecule has 0 radical (unpaired) electrons. The first-order valence-electron chi connectivity index (χ1n) is 1.22. The Kier molecular flexibility index (Phi) is 6600. The summed E-state index contributed by atoms with van der Waals surface area (Å²) in [4.78, 5) is 0. The summed E-state index contributed by atoms with van der Waals surface area (Å²) >= 11 is 0. The molecule has 0 aliphatic rings. The van der Waals surface area contributed by atoms with Crippen LogP contribution in [-0.2, 0) is 49.0 Å². The summed E-state index contributed by atoms with van der Waals surface area (Å²) in [6.07, 6.45) is 0. The minimum atomic E-state index is 0. The Hall–Kier alpha value is -0.872. The summed E-state index contributed by atoms with van der Waals surface area (Å²) < 4.78 is 45.0. The fourth-order valence-corrected chi connectivity index (χ4v) is 0. The third-order valence-electron chi connectivity index (χ3n) is 0. The second-order valence-electron chi connectivity index (χ2n) is 0. The van der Waals surface area contributed by atoms with Crippen molar-refractivity contribution >= 4 is 0 Å². The molecule has 13 heavy (non-hydrogen) atoms. The molecule has 0 aromatic carbocycles. The molecule has 6 nitrogen and oxygen atoms in total. The normalized spacial score (nSPS) is 0.923. The molecular formula is C6MoO6. The maximum atomic E-state index is 7.50. The zero-order valence-corrected chi connectivity index (χ0v) is 7.86. The van der Waals surface area contributed by atoms with Gasteiger partial charge >= 0.3 is 67.8 Å². The van der Waals surface area contributed by atoms with Gasteiger partial charge in [-0.25, -0.2) is 0 Å². The van der Waals surface area contributed by atoms with Gasteiger partial charge in [0.2, 0.25) is 0 Å². The summed E-state index contributed by atoms with van der Waals surface area (Å²) in [6, 6.07) is 0. The third kappa shape index (κ3) is 1220. The van der Waals surface area contributed by atoms with Crippen LogP contribution in [-0.4, -0.2) is 0 Å². The van der Waals surface area contributed by atoms with Crippen LogP contribution in [0.25, 0.3) is 0 Å². The molecule has 0 N–H and O–H groups in total. The minimum Gasteiger partial charge on any atom is 0 e. The molecule has 0 aromatic heterocycles. The number of rotatable bonds is 0. The van der Waals surface area contributed by atoms with Crippen molar-refractivity contribution in [1.29, 1.82) is 0 Å². The van der Waals surface area contributed by atoms with Gasteiger partial charge < -0.3 is 0 Å². The average Bonchev–Trinajstić information content (AvgIpc) is 2.33. The van der Waals surface area contributed by atoms with E-state index in [0.29, 0.717) is 0 Å². The molecule has 7 heteroatoms. The van der Waals surface area contributed by atoms with Crippen LogP contribution in [0.2, 0.25) is 0 Å². The predicted octanol–water partition coefficient (Wildman–Crippen LogP) is -0.228. The molecule has 0 rings (SSSR count). The van der Waals surface area contributed by atoms with Crippen LogP contribution >= 0.6 is 0 Å². The van der Waals surface area contributed by atoms with Crippen molar-refractivity contribution in [3.63, 3.8) is 0 Å². The molecule has 0 unspecified atom stereocenters. The molecule has 0 atom stereocenters. The van der Waals surface area contributed by atoms with Crippen molar-refractivity contribution in [2.24, 2.45) is 0 Å². The first kappa shape index (κ1) is 57.1. The Morgan fingerprint density at radius 2 is 0.308 bits per heavy atom. The van der Waals surface area contributed by atoms with Crippen molar-refractivity contribution in [3.8, 4) is 0 Å². The molecular weight excluding hydrogens is 264 g/mol. The smallest absolute Gasteiger partial charge is 0 e. The monoisotopic (exact) mass is 266 g/mol. The second kappa shape index (κ2) is 1500. The summed E-state index contributed by atoms with van der Waals surface area (Å²) in [7, 11) is 0. The van der Waals surface area contributed by atoms with Crippen LogP contribution in [0.15, 0.2) is 0 Å². The van der Waals surface area contributed by atoms with E-state index < -0.39 is 0 Å². The van der Waals surface area contributed by atoms with Crippen molar-refractivity contribution < 1.29 is 49.0 Å². The largest absolute Gasteiger partial charge is 0 e. The molecule has 0 fully saturated rings. The topological polar surface area (TPSA) is 119 Å². The Balaban J connectivity index is -0.00000000655. The van der Waals surface area contributed by atoms with E-state index in [-0.39, 0.29) is 21.1 Å². The van der Waals surface area contributed by atoms with Crippen LogP contribution in [0.1, 0.15) is 0 Å². The summed E-state index contributed by atoms with van der Waals surface area (Å²) in [5.41, 5.74) is 0. The zero-order chi connectivity index (χ0) is 12.0. The first-order chi connectivity index (χ1) is 6.00. The van der Waals surface area contributed by atoms with Crippen LogP contribution in [0.4, 0.5) is 0 Å². The summed E-state index contributed by atoms with van der Waals surface area (Å²) in [6.45, 7) is 27.0. The predicted molar refractivity (Wildman–Crippen MR) is 23.6 cm³/mol. The van der Waals surface area contributed by atoms with Crippen molar-refractivity contribution in [2.45, 2.75) is 0 Å². The number of hydrogen-bond acceptors (Lipinski definition) is 0. The number of hydrogen-bond donors (Lipinski definition) is 0. The quantitative estimate of drug-likeness (QED) is 0.326. The van der Waals surface area contributed by atoms with Gasteiger partial charge in [0.15, 0.2) is 0 Å². The third-order valence-corrected chi connectivity index (χ3v) is 0. The molecule has 0 spiro atoms. The average molecular weight is 264 g/mol. The Labute approximate surface area is 89.3 Å². The van der Waals surface area contributed by atoms with Gasteiger partial charge in [0.25, 0.3) is 0 Å². The molecule has 0 bridgehead atoms. The van der Waals surface area contributed by atoms with Crippen molar-refractivity contribution in [3.05, 3.63) is 39.9 Å². The summed E-state index contributed by atoms with van der Waals surface area (Å²) in [5, 5.41) is 0. The molecule has 0 saturated carbocycles. The van der Waals surface area contributed by atoms with Gasteiger partial charge in [-0.3, -0.25) is 0 Å². The summed E-state index contributed by atoms with van der Waals surface area (Å²) in [5.74, 6) is 0. The van der Waals surface area contributed by atoms with Gasteiger partial charge in [-0.1, -0.05) is 0 Å². The van der Waals surface area contributed by atoms with Gasteiger partial charge in [0, 0.05) is 21.1 Å². The van der Waals surface area contributed by atoms with E-state index in [9.17, 15) is 0 Å². The first-order valence-corrected chi connectivity index (χ1v) is 1.22. The van der Waals surface area contributed by atoms with Crippen molar-refractivity contribution in [2.75, 3.05) is 0 Å². The zero-order valence-electron chi connectivity index (χ0n) is 5.86. The van der Waals surface area contributed by atoms with E-state index in [0.717, 1.165) is 0 Å². The Bertz CT molecular complexity index is 92.1. The van der Waals surface area contributed by atoms with E-state index in [4.69, 9.17) is 27.9 Å². The minimum absolute atomic E-state index is 0. The maximum Gasteiger partial charge on any atom is 0 e. The van der Waals surface area contributed by atoms with Crippen LogP contribution in [0.5, 0.6) is 0 Å². The fourth-order valence-electron chi connectivity index (χ4n) is 0. The molecule has 0 heterocycles. The van der Waals surface area contributed by atoms with E-state index in [1.165, 1.54) is 0 Å². The second-order valence-corrected chi connectivity index (χ2v) is 0. The van der Waals surface area contributed by atoms with Gasteiger partial charge in [0.1, 0.15) is 0 Å². The van der Waals surface area contributed by atoms with E-state index in [2.05, 4.69) is 39.9 Å². The SMILES string of the molecule is [C-]#[O+].[C-]#[O+].[C-]#[O+].[C-]#[O+].[C-]#[O+].[C-]#[O+].[Mo]. The van der Waals surface area contributed by atoms with Gasteiger partial charge in [-0.15, -0.1) is 0 Å². The molecule has 0 aliphatic carbocycles. The van der Waals surface area contributed by atoms with E-state index in [1.54, 1.807) is 0 Å². The van der Waals surface area contributed by atoms with Crippen LogP contribution in [0, 0.1) is 39.9 Å².